The van der Waals surface area contributed by atoms with E-state index in [-0.39, 0.29) is 23.0 Å². The molecule has 0 spiro atoms. The van der Waals surface area contributed by atoms with Crippen LogP contribution in [0.2, 0.25) is 0 Å². The van der Waals surface area contributed by atoms with Crippen LogP contribution in [-0.4, -0.2) is 33.5 Å². The first-order valence-electron chi connectivity index (χ1n) is 5.30. The molecule has 1 aromatic rings. The van der Waals surface area contributed by atoms with E-state index in [4.69, 9.17) is 5.11 Å². The molecule has 6 heteroatoms. The molecule has 1 atom stereocenters. The van der Waals surface area contributed by atoms with E-state index in [0.29, 0.717) is 4.47 Å². The van der Waals surface area contributed by atoms with E-state index in [0.717, 1.165) is 0 Å². The zero-order chi connectivity index (χ0) is 13.9. The van der Waals surface area contributed by atoms with Crippen LogP contribution in [0.5, 0.6) is 11.5 Å². The molecule has 0 bridgehead atoms. The summed E-state index contributed by atoms with van der Waals surface area (Å²) < 4.78 is 0.565. The number of aromatic hydroxyl groups is 2. The van der Waals surface area contributed by atoms with Crippen molar-refractivity contribution in [2.45, 2.75) is 19.9 Å². The summed E-state index contributed by atoms with van der Waals surface area (Å²) >= 11 is 3.16. The number of hydrogen-bond donors (Lipinski definition) is 3. The van der Waals surface area contributed by atoms with E-state index >= 15 is 0 Å². The van der Waals surface area contributed by atoms with Crippen molar-refractivity contribution in [1.82, 2.24) is 0 Å². The van der Waals surface area contributed by atoms with Crippen molar-refractivity contribution in [2.75, 3.05) is 0 Å². The van der Waals surface area contributed by atoms with Gasteiger partial charge in [-0.1, -0.05) is 29.8 Å². The van der Waals surface area contributed by atoms with Crippen LogP contribution < -0.4 is 0 Å². The van der Waals surface area contributed by atoms with Gasteiger partial charge in [0.15, 0.2) is 11.5 Å². The van der Waals surface area contributed by atoms with Crippen LogP contribution in [0.15, 0.2) is 21.6 Å². The zero-order valence-corrected chi connectivity index (χ0v) is 11.5. The van der Waals surface area contributed by atoms with Gasteiger partial charge in [0, 0.05) is 16.3 Å². The molecule has 1 rings (SSSR count). The van der Waals surface area contributed by atoms with Crippen molar-refractivity contribution in [3.05, 3.63) is 22.2 Å². The lowest BCUT2D eigenvalue weighted by Gasteiger charge is -2.11. The van der Waals surface area contributed by atoms with Gasteiger partial charge in [-0.2, -0.15) is 0 Å². The summed E-state index contributed by atoms with van der Waals surface area (Å²) in [5, 5.41) is 28.0. The van der Waals surface area contributed by atoms with Crippen molar-refractivity contribution in [1.29, 1.82) is 0 Å². The molecule has 18 heavy (non-hydrogen) atoms. The average molecular weight is 316 g/mol. The smallest absolute Gasteiger partial charge is 0.328 e. The van der Waals surface area contributed by atoms with Gasteiger partial charge in [0.25, 0.3) is 0 Å². The fourth-order valence-electron chi connectivity index (χ4n) is 1.39. The molecule has 0 amide bonds. The number of rotatable bonds is 4. The van der Waals surface area contributed by atoms with Gasteiger partial charge in [0.05, 0.1) is 0 Å². The van der Waals surface area contributed by atoms with Crippen molar-refractivity contribution >= 4 is 28.1 Å². The van der Waals surface area contributed by atoms with Gasteiger partial charge in [0.2, 0.25) is 0 Å². The number of carboxylic acids is 1. The van der Waals surface area contributed by atoms with E-state index in [2.05, 4.69) is 20.9 Å². The molecule has 1 unspecified atom stereocenters. The molecule has 5 nitrogen and oxygen atoms in total. The summed E-state index contributed by atoms with van der Waals surface area (Å²) in [6.07, 6.45) is 1.25. The Kier molecular flexibility index (Phi) is 4.72. The molecule has 98 valence electrons. The number of carboxylic acid groups (broad SMARTS) is 1. The standard InChI is InChI=1S/C12H14BrNO4/c1-6(2)10(12(17)18)14-5-7-3-8(13)4-9(15)11(7)16/h3-6,10,15-16H,1-2H3,(H,17,18). The molecule has 0 radical (unpaired) electrons. The van der Waals surface area contributed by atoms with Crippen molar-refractivity contribution < 1.29 is 20.1 Å². The van der Waals surface area contributed by atoms with E-state index in [1.165, 1.54) is 18.3 Å². The van der Waals surface area contributed by atoms with Crippen LogP contribution in [0.1, 0.15) is 19.4 Å². The number of phenols is 2. The first-order chi connectivity index (χ1) is 8.32. The summed E-state index contributed by atoms with van der Waals surface area (Å²) in [6, 6.07) is 1.99. The van der Waals surface area contributed by atoms with Gasteiger partial charge in [-0.05, 0) is 18.1 Å². The third-order valence-electron chi connectivity index (χ3n) is 2.34. The van der Waals surface area contributed by atoms with Crippen LogP contribution >= 0.6 is 15.9 Å². The van der Waals surface area contributed by atoms with E-state index in [1.807, 2.05) is 0 Å². The average Bonchev–Trinajstić information content (AvgIpc) is 2.23. The first kappa shape index (κ1) is 14.5. The predicted molar refractivity (Wildman–Crippen MR) is 71.3 cm³/mol. The number of benzene rings is 1. The maximum absolute atomic E-state index is 10.9. The Morgan fingerprint density at radius 2 is 2.00 bits per heavy atom. The Labute approximate surface area is 113 Å². The lowest BCUT2D eigenvalue weighted by molar-refractivity contribution is -0.139. The molecule has 0 saturated heterocycles. The van der Waals surface area contributed by atoms with Gasteiger partial charge < -0.3 is 15.3 Å². The molecular weight excluding hydrogens is 302 g/mol. The van der Waals surface area contributed by atoms with E-state index in [9.17, 15) is 15.0 Å². The molecule has 1 aromatic carbocycles. The number of hydrogen-bond acceptors (Lipinski definition) is 4. The van der Waals surface area contributed by atoms with Crippen molar-refractivity contribution in [2.24, 2.45) is 10.9 Å². The molecule has 0 fully saturated rings. The Hall–Kier alpha value is -1.56. The second-order valence-electron chi connectivity index (χ2n) is 4.17. The van der Waals surface area contributed by atoms with Crippen LogP contribution in [0.4, 0.5) is 0 Å². The van der Waals surface area contributed by atoms with Crippen LogP contribution in [-0.2, 0) is 4.79 Å². The first-order valence-corrected chi connectivity index (χ1v) is 6.09. The Balaban J connectivity index is 3.06. The number of phenolic OH excluding ortho intramolecular Hbond substituents is 2. The topological polar surface area (TPSA) is 90.1 Å². The molecular formula is C12H14BrNO4. The maximum atomic E-state index is 10.9. The largest absolute Gasteiger partial charge is 0.504 e. The second kappa shape index (κ2) is 5.86. The summed E-state index contributed by atoms with van der Waals surface area (Å²) in [7, 11) is 0. The summed E-state index contributed by atoms with van der Waals surface area (Å²) in [4.78, 5) is 14.9. The van der Waals surface area contributed by atoms with Gasteiger partial charge in [-0.15, -0.1) is 0 Å². The van der Waals surface area contributed by atoms with Gasteiger partial charge in [0.1, 0.15) is 6.04 Å². The normalized spacial score (nSPS) is 13.1. The number of carbonyl (C=O) groups is 1. The monoisotopic (exact) mass is 315 g/mol. The van der Waals surface area contributed by atoms with Crippen LogP contribution in [0.25, 0.3) is 0 Å². The highest BCUT2D eigenvalue weighted by Gasteiger charge is 2.19. The summed E-state index contributed by atoms with van der Waals surface area (Å²) in [6.45, 7) is 3.49. The minimum absolute atomic E-state index is 0.165. The third kappa shape index (κ3) is 3.46. The van der Waals surface area contributed by atoms with Crippen LogP contribution in [0.3, 0.4) is 0 Å². The number of aliphatic carboxylic acids is 1. The second-order valence-corrected chi connectivity index (χ2v) is 5.08. The summed E-state index contributed by atoms with van der Waals surface area (Å²) in [5.74, 6) is -1.81. The molecule has 3 N–H and O–H groups in total. The SMILES string of the molecule is CC(C)C(N=Cc1cc(Br)cc(O)c1O)C(=O)O. The predicted octanol–water partition coefficient (Wildman–Crippen LogP) is 2.39. The number of aliphatic imine (C=N–C) groups is 1. The number of halogens is 1. The molecule has 0 saturated carbocycles. The highest BCUT2D eigenvalue weighted by atomic mass is 79.9. The zero-order valence-electron chi connectivity index (χ0n) is 9.96. The fourth-order valence-corrected chi connectivity index (χ4v) is 1.85. The highest BCUT2D eigenvalue weighted by Crippen LogP contribution is 2.31. The van der Waals surface area contributed by atoms with Crippen molar-refractivity contribution in [3.63, 3.8) is 0 Å². The molecule has 0 heterocycles. The van der Waals surface area contributed by atoms with Crippen LogP contribution in [0, 0.1) is 5.92 Å². The Bertz CT molecular complexity index is 485. The van der Waals surface area contributed by atoms with E-state index in [1.54, 1.807) is 13.8 Å². The third-order valence-corrected chi connectivity index (χ3v) is 2.80. The van der Waals surface area contributed by atoms with E-state index < -0.39 is 12.0 Å². The molecule has 0 aliphatic heterocycles. The van der Waals surface area contributed by atoms with Gasteiger partial charge >= 0.3 is 5.97 Å². The lowest BCUT2D eigenvalue weighted by Crippen LogP contribution is -2.24. The Morgan fingerprint density at radius 1 is 1.39 bits per heavy atom. The van der Waals surface area contributed by atoms with Crippen molar-refractivity contribution in [3.8, 4) is 11.5 Å². The fraction of sp³-hybridized carbons (Fsp3) is 0.333. The van der Waals surface area contributed by atoms with Gasteiger partial charge in [-0.25, -0.2) is 4.79 Å². The van der Waals surface area contributed by atoms with Gasteiger partial charge in [-0.3, -0.25) is 4.99 Å². The minimum atomic E-state index is -1.03. The quantitative estimate of drug-likeness (QED) is 0.588. The maximum Gasteiger partial charge on any atom is 0.328 e. The highest BCUT2D eigenvalue weighted by molar-refractivity contribution is 9.10. The molecule has 0 aliphatic carbocycles. The Morgan fingerprint density at radius 3 is 2.50 bits per heavy atom. The molecule has 0 aromatic heterocycles. The summed E-state index contributed by atoms with van der Waals surface area (Å²) in [5.41, 5.74) is 0.258. The molecule has 0 aliphatic rings. The lowest BCUT2D eigenvalue weighted by atomic mass is 10.1. The minimum Gasteiger partial charge on any atom is -0.504 e. The number of nitrogens with zero attached hydrogens (tertiary/aromatic N) is 1.